The van der Waals surface area contributed by atoms with Crippen LogP contribution in [0.25, 0.3) is 0 Å². The first kappa shape index (κ1) is 37.7. The topological polar surface area (TPSA) is 142 Å². The maximum Gasteiger partial charge on any atom is 0.332 e. The molecule has 0 radical (unpaired) electrons. The highest BCUT2D eigenvalue weighted by Gasteiger charge is 2.27. The molecule has 0 spiro atoms. The van der Waals surface area contributed by atoms with Crippen LogP contribution in [0.3, 0.4) is 0 Å². The molecule has 0 aromatic heterocycles. The molecule has 0 aromatic carbocycles. The predicted octanol–water partition coefficient (Wildman–Crippen LogP) is 3.16. The molecule has 0 aliphatic rings. The summed E-state index contributed by atoms with van der Waals surface area (Å²) in [5, 5.41) is 0. The highest BCUT2D eigenvalue weighted by atomic mass is 16.6. The van der Waals surface area contributed by atoms with Crippen molar-refractivity contribution in [2.45, 2.75) is 91.3 Å². The van der Waals surface area contributed by atoms with Crippen LogP contribution in [0.4, 0.5) is 0 Å². The van der Waals surface area contributed by atoms with Crippen molar-refractivity contribution >= 4 is 23.9 Å². The lowest BCUT2D eigenvalue weighted by Crippen LogP contribution is -2.42. The molecule has 0 aliphatic carbocycles. The minimum atomic E-state index is -0.957. The molecular weight excluding hydrogens is 528 g/mol. The van der Waals surface area contributed by atoms with Crippen molar-refractivity contribution in [3.05, 3.63) is 0 Å². The van der Waals surface area contributed by atoms with E-state index in [0.29, 0.717) is 12.8 Å². The normalized spacial score (nSPS) is 12.4. The molecule has 0 aromatic rings. The number of carbonyl (C=O) groups is 4. The molecule has 0 saturated heterocycles. The third-order valence-electron chi connectivity index (χ3n) is 5.29. The van der Waals surface area contributed by atoms with Gasteiger partial charge in [-0.1, -0.05) is 53.4 Å². The van der Waals surface area contributed by atoms with E-state index in [1.54, 1.807) is 0 Å². The summed E-state index contributed by atoms with van der Waals surface area (Å²) >= 11 is 0. The molecule has 0 saturated carbocycles. The molecule has 40 heavy (non-hydrogen) atoms. The van der Waals surface area contributed by atoms with Gasteiger partial charge in [0.25, 0.3) is 0 Å². The van der Waals surface area contributed by atoms with Gasteiger partial charge in [-0.25, -0.2) is 19.2 Å². The van der Waals surface area contributed by atoms with E-state index in [0.717, 1.165) is 38.5 Å². The summed E-state index contributed by atoms with van der Waals surface area (Å²) in [6, 6.07) is 0. The molecule has 0 fully saturated rings. The van der Waals surface area contributed by atoms with Gasteiger partial charge >= 0.3 is 23.9 Å². The van der Waals surface area contributed by atoms with Crippen LogP contribution in [-0.2, 0) is 57.1 Å². The second kappa shape index (κ2) is 26.9. The number of unbranched alkanes of at least 4 members (excludes halogenated alkanes) is 4. The van der Waals surface area contributed by atoms with E-state index in [-0.39, 0.29) is 52.9 Å². The van der Waals surface area contributed by atoms with E-state index >= 15 is 0 Å². The summed E-state index contributed by atoms with van der Waals surface area (Å²) in [6.45, 7) is 7.09. The smallest absolute Gasteiger partial charge is 0.332 e. The van der Waals surface area contributed by atoms with Gasteiger partial charge in [0, 0.05) is 0 Å². The number of carbonyl (C=O) groups excluding carboxylic acids is 4. The largest absolute Gasteiger partial charge is 0.464 e. The predicted molar refractivity (Wildman–Crippen MR) is 145 cm³/mol. The van der Waals surface area contributed by atoms with Crippen molar-refractivity contribution in [2.75, 3.05) is 66.1 Å². The minimum Gasteiger partial charge on any atom is -0.464 e. The van der Waals surface area contributed by atoms with Crippen molar-refractivity contribution in [1.29, 1.82) is 0 Å². The first-order chi connectivity index (χ1) is 19.4. The Morgan fingerprint density at radius 2 is 0.725 bits per heavy atom. The Bertz CT molecular complexity index is 614. The molecule has 0 rings (SSSR count). The third kappa shape index (κ3) is 22.5. The highest BCUT2D eigenvalue weighted by molar-refractivity contribution is 5.71. The molecule has 234 valence electrons. The van der Waals surface area contributed by atoms with Crippen LogP contribution in [0.15, 0.2) is 0 Å². The molecule has 0 heterocycles. The van der Waals surface area contributed by atoms with Crippen LogP contribution in [0.5, 0.6) is 0 Å². The summed E-state index contributed by atoms with van der Waals surface area (Å²) in [7, 11) is 0. The fourth-order valence-electron chi connectivity index (χ4n) is 2.88. The zero-order valence-electron chi connectivity index (χ0n) is 24.8. The van der Waals surface area contributed by atoms with Crippen molar-refractivity contribution in [1.82, 2.24) is 0 Å². The minimum absolute atomic E-state index is 0.190. The van der Waals surface area contributed by atoms with E-state index in [2.05, 4.69) is 0 Å². The van der Waals surface area contributed by atoms with Crippen LogP contribution >= 0.6 is 0 Å². The second-order valence-electron chi connectivity index (χ2n) is 9.03. The van der Waals surface area contributed by atoms with Gasteiger partial charge in [0.1, 0.15) is 38.6 Å². The Balaban J connectivity index is 5.26. The highest BCUT2D eigenvalue weighted by Crippen LogP contribution is 2.09. The van der Waals surface area contributed by atoms with Gasteiger partial charge in [-0.2, -0.15) is 0 Å². The molecular formula is C28H50O12. The molecule has 2 atom stereocenters. The second-order valence-corrected chi connectivity index (χ2v) is 9.03. The van der Waals surface area contributed by atoms with E-state index < -0.39 is 49.3 Å². The molecule has 12 nitrogen and oxygen atoms in total. The molecule has 0 bridgehead atoms. The Morgan fingerprint density at radius 1 is 0.450 bits per heavy atom. The molecule has 12 heteroatoms. The van der Waals surface area contributed by atoms with Gasteiger partial charge in [-0.05, 0) is 25.7 Å². The summed E-state index contributed by atoms with van der Waals surface area (Å²) < 4.78 is 42.9. The molecule has 0 amide bonds. The summed E-state index contributed by atoms with van der Waals surface area (Å²) in [6.07, 6.45) is 4.47. The molecule has 0 aliphatic heterocycles. The van der Waals surface area contributed by atoms with Gasteiger partial charge < -0.3 is 37.9 Å². The molecule has 0 N–H and O–H groups in total. The SMILES string of the molecule is CCCCOC(=O)COCC(OCC(=O)OCCCC)C(COCC(=O)OCCCC)OCC(=O)OCCCC. The Hall–Kier alpha value is -2.28. The maximum atomic E-state index is 12.1. The first-order valence-electron chi connectivity index (χ1n) is 14.4. The summed E-state index contributed by atoms with van der Waals surface area (Å²) in [5.74, 6) is -2.27. The average Bonchev–Trinajstić information content (AvgIpc) is 2.93. The molecule has 2 unspecified atom stereocenters. The average molecular weight is 579 g/mol. The maximum absolute atomic E-state index is 12.1. The fourth-order valence-corrected chi connectivity index (χ4v) is 2.88. The van der Waals surface area contributed by atoms with Gasteiger partial charge in [0.05, 0.1) is 39.6 Å². The van der Waals surface area contributed by atoms with Crippen molar-refractivity contribution in [2.24, 2.45) is 0 Å². The zero-order valence-corrected chi connectivity index (χ0v) is 24.8. The lowest BCUT2D eigenvalue weighted by molar-refractivity contribution is -0.174. The quantitative estimate of drug-likeness (QED) is 0.0802. The van der Waals surface area contributed by atoms with Gasteiger partial charge in [0.15, 0.2) is 0 Å². The Morgan fingerprint density at radius 3 is 1.00 bits per heavy atom. The van der Waals surface area contributed by atoms with Crippen molar-refractivity contribution < 1.29 is 57.1 Å². The van der Waals surface area contributed by atoms with E-state index in [1.807, 2.05) is 27.7 Å². The van der Waals surface area contributed by atoms with E-state index in [9.17, 15) is 19.2 Å². The Labute approximate surface area is 238 Å². The number of esters is 4. The van der Waals surface area contributed by atoms with Gasteiger partial charge in [-0.3, -0.25) is 0 Å². The lowest BCUT2D eigenvalue weighted by atomic mass is 10.2. The number of rotatable bonds is 27. The van der Waals surface area contributed by atoms with Gasteiger partial charge in [-0.15, -0.1) is 0 Å². The van der Waals surface area contributed by atoms with Crippen LogP contribution in [0.1, 0.15) is 79.1 Å². The Kier molecular flexibility index (Phi) is 25.4. The van der Waals surface area contributed by atoms with Crippen LogP contribution < -0.4 is 0 Å². The van der Waals surface area contributed by atoms with Crippen molar-refractivity contribution in [3.8, 4) is 0 Å². The third-order valence-corrected chi connectivity index (χ3v) is 5.29. The fraction of sp³-hybridized carbons (Fsp3) is 0.857. The summed E-state index contributed by atoms with van der Waals surface area (Å²) in [4.78, 5) is 48.2. The summed E-state index contributed by atoms with van der Waals surface area (Å²) in [5.41, 5.74) is 0. The van der Waals surface area contributed by atoms with Crippen LogP contribution in [-0.4, -0.2) is 102 Å². The van der Waals surface area contributed by atoms with E-state index in [1.165, 1.54) is 0 Å². The van der Waals surface area contributed by atoms with E-state index in [4.69, 9.17) is 37.9 Å². The van der Waals surface area contributed by atoms with Crippen LogP contribution in [0.2, 0.25) is 0 Å². The van der Waals surface area contributed by atoms with Gasteiger partial charge in [0.2, 0.25) is 0 Å². The number of ether oxygens (including phenoxy) is 8. The standard InChI is InChI=1S/C28H50O12/c1-5-9-13-35-25(29)19-33-17-23(39-21-27(31)37-15-11-7-3)24(40-22-28(32)38-16-12-8-4)18-34-20-26(30)36-14-10-6-2/h23-24H,5-22H2,1-4H3. The monoisotopic (exact) mass is 578 g/mol. The number of hydrogen-bond donors (Lipinski definition) is 0. The zero-order chi connectivity index (χ0) is 29.8. The lowest BCUT2D eigenvalue weighted by Gasteiger charge is -2.26. The van der Waals surface area contributed by atoms with Crippen molar-refractivity contribution in [3.63, 3.8) is 0 Å². The number of hydrogen-bond acceptors (Lipinski definition) is 12. The van der Waals surface area contributed by atoms with Crippen LogP contribution in [0, 0.1) is 0 Å². The first-order valence-corrected chi connectivity index (χ1v) is 14.4.